The van der Waals surface area contributed by atoms with Crippen molar-refractivity contribution in [1.29, 1.82) is 0 Å². The average Bonchev–Trinajstić information content (AvgIpc) is 2.52. The van der Waals surface area contributed by atoms with Gasteiger partial charge in [-0.2, -0.15) is 0 Å². The molecule has 0 saturated carbocycles. The molecule has 3 N–H and O–H groups in total. The topological polar surface area (TPSA) is 56.8 Å². The van der Waals surface area contributed by atoms with Gasteiger partial charge in [0, 0.05) is 6.42 Å². The van der Waals surface area contributed by atoms with Crippen LogP contribution < -0.4 is 10.6 Å². The van der Waals surface area contributed by atoms with E-state index < -0.39 is 0 Å². The van der Waals surface area contributed by atoms with Crippen LogP contribution in [0.5, 0.6) is 0 Å². The number of carbonyl (C=O) groups excluding carboxylic acids is 1. The molecule has 0 bridgehead atoms. The van der Waals surface area contributed by atoms with Crippen LogP contribution in [0.25, 0.3) is 0 Å². The number of esters is 1. The number of methoxy groups -OCH3 is 1. The van der Waals surface area contributed by atoms with Gasteiger partial charge in [-0.1, -0.05) is 0 Å². The Bertz CT molecular complexity index is 400. The molecule has 0 fully saturated rings. The molecule has 1 atom stereocenters. The number of quaternary nitrogens is 1. The van der Waals surface area contributed by atoms with Crippen molar-refractivity contribution < 1.29 is 14.4 Å². The Labute approximate surface area is 92.6 Å². The molecule has 0 spiro atoms. The molecule has 0 saturated heterocycles. The molecular formula is C10H15N2O2S+. The maximum Gasteiger partial charge on any atom is 0.341 e. The van der Waals surface area contributed by atoms with Gasteiger partial charge in [0.1, 0.15) is 11.5 Å². The SMILES string of the molecule is COC(=O)c1c(N)sc2c1CC[NH+](C)C2. The number of likely N-dealkylation sites (N-methyl/N-ethyl adjacent to an activating group) is 1. The normalized spacial score (nSPS) is 19.7. The number of thiophene rings is 1. The van der Waals surface area contributed by atoms with Crippen LogP contribution in [0, 0.1) is 0 Å². The summed E-state index contributed by atoms with van der Waals surface area (Å²) < 4.78 is 4.75. The van der Waals surface area contributed by atoms with Gasteiger partial charge >= 0.3 is 5.97 Å². The van der Waals surface area contributed by atoms with Crippen LogP contribution in [-0.4, -0.2) is 26.7 Å². The quantitative estimate of drug-likeness (QED) is 0.647. The van der Waals surface area contributed by atoms with Crippen molar-refractivity contribution in [3.63, 3.8) is 0 Å². The monoisotopic (exact) mass is 227 g/mol. The molecule has 82 valence electrons. The molecule has 0 amide bonds. The third-order valence-electron chi connectivity index (χ3n) is 2.77. The van der Waals surface area contributed by atoms with Crippen LogP contribution in [0.15, 0.2) is 0 Å². The molecule has 4 nitrogen and oxygen atoms in total. The van der Waals surface area contributed by atoms with Crippen molar-refractivity contribution in [2.45, 2.75) is 13.0 Å². The number of ether oxygens (including phenoxy) is 1. The molecule has 15 heavy (non-hydrogen) atoms. The molecule has 2 heterocycles. The largest absolute Gasteiger partial charge is 0.465 e. The first kappa shape index (κ1) is 10.4. The fourth-order valence-electron chi connectivity index (χ4n) is 1.97. The van der Waals surface area contributed by atoms with Crippen molar-refractivity contribution in [3.05, 3.63) is 16.0 Å². The number of nitrogens with one attached hydrogen (secondary N) is 1. The maximum atomic E-state index is 11.5. The number of hydrogen-bond acceptors (Lipinski definition) is 4. The first-order chi connectivity index (χ1) is 7.13. The van der Waals surface area contributed by atoms with Crippen LogP contribution >= 0.6 is 11.3 Å². The van der Waals surface area contributed by atoms with Crippen molar-refractivity contribution in [3.8, 4) is 0 Å². The van der Waals surface area contributed by atoms with Gasteiger partial charge in [-0.05, 0) is 5.56 Å². The summed E-state index contributed by atoms with van der Waals surface area (Å²) in [5, 5.41) is 0.599. The predicted octanol–water partition coefficient (Wildman–Crippen LogP) is -0.312. The van der Waals surface area contributed by atoms with Gasteiger partial charge in [-0.15, -0.1) is 11.3 Å². The van der Waals surface area contributed by atoms with Crippen LogP contribution in [-0.2, 0) is 17.7 Å². The highest BCUT2D eigenvalue weighted by atomic mass is 32.1. The van der Waals surface area contributed by atoms with Gasteiger partial charge < -0.3 is 15.4 Å². The van der Waals surface area contributed by atoms with Gasteiger partial charge in [0.2, 0.25) is 0 Å². The Morgan fingerprint density at radius 2 is 2.33 bits per heavy atom. The number of nitrogen functional groups attached to an aromatic ring is 1. The summed E-state index contributed by atoms with van der Waals surface area (Å²) in [6.45, 7) is 2.01. The third kappa shape index (κ3) is 1.72. The zero-order valence-corrected chi connectivity index (χ0v) is 9.74. The summed E-state index contributed by atoms with van der Waals surface area (Å²) in [4.78, 5) is 14.2. The predicted molar refractivity (Wildman–Crippen MR) is 59.2 cm³/mol. The lowest BCUT2D eigenvalue weighted by Crippen LogP contribution is -3.08. The second-order valence-electron chi connectivity index (χ2n) is 3.87. The maximum absolute atomic E-state index is 11.5. The van der Waals surface area contributed by atoms with E-state index in [1.807, 2.05) is 0 Å². The molecule has 1 aromatic rings. The summed E-state index contributed by atoms with van der Waals surface area (Å²) >= 11 is 1.52. The standard InChI is InChI=1S/C10H14N2O2S/c1-12-4-3-6-7(5-12)15-9(11)8(6)10(13)14-2/h3-5,11H2,1-2H3/p+1. The summed E-state index contributed by atoms with van der Waals surface area (Å²) in [7, 11) is 3.54. The number of hydrogen-bond donors (Lipinski definition) is 2. The van der Waals surface area contributed by atoms with Crippen LogP contribution in [0.1, 0.15) is 20.8 Å². The fourth-order valence-corrected chi connectivity index (χ4v) is 3.19. The lowest BCUT2D eigenvalue weighted by molar-refractivity contribution is -0.895. The first-order valence-electron chi connectivity index (χ1n) is 4.93. The van der Waals surface area contributed by atoms with Crippen molar-refractivity contribution >= 4 is 22.3 Å². The van der Waals surface area contributed by atoms with E-state index in [-0.39, 0.29) is 5.97 Å². The Hall–Kier alpha value is -1.07. The van der Waals surface area contributed by atoms with E-state index in [0.29, 0.717) is 10.6 Å². The molecular weight excluding hydrogens is 212 g/mol. The van der Waals surface area contributed by atoms with E-state index in [0.717, 1.165) is 25.1 Å². The Kier molecular flexibility index (Phi) is 2.67. The summed E-state index contributed by atoms with van der Waals surface area (Å²) in [5.74, 6) is -0.301. The highest BCUT2D eigenvalue weighted by Gasteiger charge is 2.27. The summed E-state index contributed by atoms with van der Waals surface area (Å²) in [5.41, 5.74) is 7.56. The minimum atomic E-state index is -0.301. The molecule has 1 aromatic heterocycles. The first-order valence-corrected chi connectivity index (χ1v) is 5.74. The van der Waals surface area contributed by atoms with Crippen molar-refractivity contribution in [1.82, 2.24) is 0 Å². The Balaban J connectivity index is 2.44. The number of rotatable bonds is 1. The summed E-state index contributed by atoms with van der Waals surface area (Å²) in [6, 6.07) is 0. The van der Waals surface area contributed by atoms with Gasteiger partial charge in [0.25, 0.3) is 0 Å². The third-order valence-corrected chi connectivity index (χ3v) is 3.83. The number of fused-ring (bicyclic) bond motifs is 1. The van der Waals surface area contributed by atoms with E-state index in [2.05, 4.69) is 7.05 Å². The van der Waals surface area contributed by atoms with E-state index in [1.165, 1.54) is 28.2 Å². The van der Waals surface area contributed by atoms with Gasteiger partial charge in [0.15, 0.2) is 0 Å². The van der Waals surface area contributed by atoms with Gasteiger partial charge in [-0.25, -0.2) is 4.79 Å². The van der Waals surface area contributed by atoms with Crippen LogP contribution in [0.4, 0.5) is 5.00 Å². The zero-order chi connectivity index (χ0) is 11.0. The highest BCUT2D eigenvalue weighted by molar-refractivity contribution is 7.16. The average molecular weight is 227 g/mol. The fraction of sp³-hybridized carbons (Fsp3) is 0.500. The Morgan fingerprint density at radius 1 is 1.60 bits per heavy atom. The molecule has 1 aliphatic heterocycles. The minimum absolute atomic E-state index is 0.301. The lowest BCUT2D eigenvalue weighted by atomic mass is 10.0. The van der Waals surface area contributed by atoms with Crippen molar-refractivity contribution in [2.24, 2.45) is 0 Å². The van der Waals surface area contributed by atoms with Crippen molar-refractivity contribution in [2.75, 3.05) is 26.4 Å². The number of carbonyl (C=O) groups is 1. The smallest absolute Gasteiger partial charge is 0.341 e. The van der Waals surface area contributed by atoms with Gasteiger partial charge in [0.05, 0.1) is 31.1 Å². The number of anilines is 1. The number of nitrogens with two attached hydrogens (primary N) is 1. The highest BCUT2D eigenvalue weighted by Crippen LogP contribution is 2.32. The van der Waals surface area contributed by atoms with Crippen LogP contribution in [0.2, 0.25) is 0 Å². The molecule has 1 unspecified atom stereocenters. The van der Waals surface area contributed by atoms with Crippen LogP contribution in [0.3, 0.4) is 0 Å². The lowest BCUT2D eigenvalue weighted by Gasteiger charge is -2.19. The molecule has 0 aliphatic carbocycles. The molecule has 0 aromatic carbocycles. The molecule has 2 rings (SSSR count). The van der Waals surface area contributed by atoms with E-state index in [4.69, 9.17) is 10.5 Å². The Morgan fingerprint density at radius 3 is 3.00 bits per heavy atom. The van der Waals surface area contributed by atoms with E-state index in [9.17, 15) is 4.79 Å². The molecule has 1 aliphatic rings. The van der Waals surface area contributed by atoms with E-state index >= 15 is 0 Å². The van der Waals surface area contributed by atoms with Gasteiger partial charge in [-0.3, -0.25) is 0 Å². The second kappa shape index (κ2) is 3.83. The second-order valence-corrected chi connectivity index (χ2v) is 5.01. The molecule has 5 heteroatoms. The zero-order valence-electron chi connectivity index (χ0n) is 8.92. The molecule has 0 radical (unpaired) electrons. The van der Waals surface area contributed by atoms with E-state index in [1.54, 1.807) is 0 Å². The summed E-state index contributed by atoms with van der Waals surface area (Å²) in [6.07, 6.45) is 0.916. The minimum Gasteiger partial charge on any atom is -0.465 e.